The van der Waals surface area contributed by atoms with Gasteiger partial charge in [-0.15, -0.1) is 0 Å². The minimum atomic E-state index is -1.03. The minimum Gasteiger partial charge on any atom is -0.317 e. The van der Waals surface area contributed by atoms with Gasteiger partial charge in [-0.1, -0.05) is 13.3 Å². The predicted molar refractivity (Wildman–Crippen MR) is 139 cm³/mol. The van der Waals surface area contributed by atoms with Gasteiger partial charge < -0.3 is 5.32 Å². The normalized spacial score (nSPS) is 34.3. The third-order valence-corrected chi connectivity index (χ3v) is 11.1. The molecule has 0 aromatic heterocycles. The molecule has 35 heavy (non-hydrogen) atoms. The second-order valence-corrected chi connectivity index (χ2v) is 13.3. The summed E-state index contributed by atoms with van der Waals surface area (Å²) in [6.45, 7) is 11.8. The summed E-state index contributed by atoms with van der Waals surface area (Å²) in [5, 5.41) is 3.44. The first kappa shape index (κ1) is 23.9. The fourth-order valence-electron chi connectivity index (χ4n) is 7.13. The number of nitrogens with one attached hydrogen (secondary N) is 1. The molecule has 3 saturated heterocycles. The summed E-state index contributed by atoms with van der Waals surface area (Å²) in [6.07, 6.45) is 11.4. The number of hydrogen-bond donors (Lipinski definition) is 1. The molecule has 2 aliphatic carbocycles. The van der Waals surface area contributed by atoms with Gasteiger partial charge in [0.05, 0.1) is 11.5 Å². The molecule has 8 nitrogen and oxygen atoms in total. The maximum Gasteiger partial charge on any atom is 0.239 e. The van der Waals surface area contributed by atoms with Gasteiger partial charge >= 0.3 is 0 Å². The molecule has 3 unspecified atom stereocenters. The molecule has 6 aliphatic rings. The van der Waals surface area contributed by atoms with E-state index in [9.17, 15) is 9.00 Å². The van der Waals surface area contributed by atoms with E-state index in [1.807, 2.05) is 11.1 Å². The summed E-state index contributed by atoms with van der Waals surface area (Å²) in [7, 11) is 0. The molecule has 1 amide bonds. The lowest BCUT2D eigenvalue weighted by atomic mass is 9.74. The van der Waals surface area contributed by atoms with Gasteiger partial charge in [-0.25, -0.2) is 17.8 Å². The zero-order valence-corrected chi connectivity index (χ0v) is 21.9. The zero-order valence-electron chi connectivity index (χ0n) is 21.1. The summed E-state index contributed by atoms with van der Waals surface area (Å²) >= 11 is -1.03. The quantitative estimate of drug-likeness (QED) is 0.569. The third kappa shape index (κ3) is 4.06. The van der Waals surface area contributed by atoms with Crippen molar-refractivity contribution in [2.45, 2.75) is 76.8 Å². The van der Waals surface area contributed by atoms with Gasteiger partial charge in [-0.05, 0) is 77.1 Å². The molecule has 4 heterocycles. The first-order valence-electron chi connectivity index (χ1n) is 13.7. The van der Waals surface area contributed by atoms with Crippen molar-refractivity contribution >= 4 is 30.0 Å². The topological polar surface area (TPSA) is 80.6 Å². The van der Waals surface area contributed by atoms with Gasteiger partial charge in [-0.2, -0.15) is 0 Å². The lowest BCUT2D eigenvalue weighted by Crippen LogP contribution is -2.62. The molecule has 5 fully saturated rings. The van der Waals surface area contributed by atoms with Crippen LogP contribution in [0.5, 0.6) is 0 Å². The molecule has 0 radical (unpaired) electrons. The average molecular weight is 501 g/mol. The lowest BCUT2D eigenvalue weighted by Gasteiger charge is -2.52. The Kier molecular flexibility index (Phi) is 6.26. The van der Waals surface area contributed by atoms with Crippen LogP contribution in [0.1, 0.15) is 64.7 Å². The maximum absolute atomic E-state index is 13.5. The third-order valence-electron chi connectivity index (χ3n) is 9.63. The molecule has 2 saturated carbocycles. The molecular formula is C26H40N6O2S. The van der Waals surface area contributed by atoms with Crippen molar-refractivity contribution in [1.29, 1.82) is 0 Å². The Bertz CT molecular complexity index is 953. The molecule has 0 aromatic rings. The van der Waals surface area contributed by atoms with E-state index in [4.69, 9.17) is 4.99 Å². The Labute approximate surface area is 212 Å². The molecule has 6 rings (SSSR count). The Morgan fingerprint density at radius 3 is 2.37 bits per heavy atom. The second-order valence-electron chi connectivity index (χ2n) is 11.8. The average Bonchev–Trinajstić information content (AvgIpc) is 3.50. The first-order valence-corrected chi connectivity index (χ1v) is 14.7. The van der Waals surface area contributed by atoms with E-state index >= 15 is 0 Å². The molecule has 4 aliphatic heterocycles. The van der Waals surface area contributed by atoms with Gasteiger partial charge in [0.2, 0.25) is 5.91 Å². The van der Waals surface area contributed by atoms with E-state index in [-0.39, 0.29) is 18.0 Å². The summed E-state index contributed by atoms with van der Waals surface area (Å²) < 4.78 is 17.4. The van der Waals surface area contributed by atoms with E-state index in [1.54, 1.807) is 0 Å². The van der Waals surface area contributed by atoms with Crippen LogP contribution in [0.3, 0.4) is 0 Å². The molecule has 9 heteroatoms. The Balaban J connectivity index is 1.08. The van der Waals surface area contributed by atoms with E-state index in [0.29, 0.717) is 11.3 Å². The Morgan fingerprint density at radius 1 is 1.06 bits per heavy atom. The lowest BCUT2D eigenvalue weighted by molar-refractivity contribution is -0.134. The van der Waals surface area contributed by atoms with Crippen LogP contribution in [-0.2, 0) is 16.0 Å². The van der Waals surface area contributed by atoms with Gasteiger partial charge in [-0.3, -0.25) is 14.7 Å². The second kappa shape index (κ2) is 9.15. The molecule has 3 atom stereocenters. The van der Waals surface area contributed by atoms with Gasteiger partial charge in [0.15, 0.2) is 11.2 Å². The Morgan fingerprint density at radius 2 is 1.77 bits per heavy atom. The summed E-state index contributed by atoms with van der Waals surface area (Å²) in [4.78, 5) is 24.8. The number of carbonyl (C=O) groups is 1. The monoisotopic (exact) mass is 500 g/mol. The largest absolute Gasteiger partial charge is 0.317 e. The maximum atomic E-state index is 13.5. The van der Waals surface area contributed by atoms with Crippen molar-refractivity contribution in [1.82, 2.24) is 18.8 Å². The number of hydrogen-bond acceptors (Lipinski definition) is 5. The summed E-state index contributed by atoms with van der Waals surface area (Å²) in [6, 6.07) is 0.453. The highest BCUT2D eigenvalue weighted by Gasteiger charge is 2.62. The van der Waals surface area contributed by atoms with Gasteiger partial charge in [0, 0.05) is 49.4 Å². The number of piperidine rings is 2. The van der Waals surface area contributed by atoms with Crippen LogP contribution >= 0.6 is 0 Å². The minimum absolute atomic E-state index is 0.208. The van der Waals surface area contributed by atoms with Crippen molar-refractivity contribution in [2.75, 3.05) is 39.3 Å². The molecule has 2 spiro atoms. The van der Waals surface area contributed by atoms with Crippen molar-refractivity contribution in [3.8, 4) is 0 Å². The summed E-state index contributed by atoms with van der Waals surface area (Å²) in [5.74, 6) is 1.49. The number of aliphatic imine (C=N–C) groups is 2. The summed E-state index contributed by atoms with van der Waals surface area (Å²) in [5.41, 5.74) is 0.998. The number of rotatable bonds is 6. The van der Waals surface area contributed by atoms with Crippen molar-refractivity contribution < 1.29 is 9.00 Å². The van der Waals surface area contributed by atoms with Crippen LogP contribution in [0.4, 0.5) is 0 Å². The van der Waals surface area contributed by atoms with E-state index in [0.717, 1.165) is 82.8 Å². The van der Waals surface area contributed by atoms with Crippen molar-refractivity contribution in [2.24, 2.45) is 26.7 Å². The number of amides is 1. The zero-order chi connectivity index (χ0) is 24.2. The van der Waals surface area contributed by atoms with Crippen LogP contribution in [0.2, 0.25) is 0 Å². The first-order chi connectivity index (χ1) is 17.0. The van der Waals surface area contributed by atoms with Crippen LogP contribution in [0.15, 0.2) is 21.4 Å². The van der Waals surface area contributed by atoms with E-state index in [1.165, 1.54) is 25.7 Å². The van der Waals surface area contributed by atoms with Crippen LogP contribution in [0.25, 0.3) is 0 Å². The van der Waals surface area contributed by atoms with E-state index < -0.39 is 16.6 Å². The van der Waals surface area contributed by atoms with Crippen LogP contribution in [0, 0.1) is 16.7 Å². The molecule has 192 valence electrons. The predicted octanol–water partition coefficient (Wildman–Crippen LogP) is 2.51. The SMILES string of the molecule is C=NC1=C(C=NC2CCN(S(=O)N3CC4(CCNCC4)C3)CC2)C2(CC2)C(=O)N1C1CCCC1C. The molecule has 1 N–H and O–H groups in total. The fourth-order valence-corrected chi connectivity index (χ4v) is 8.75. The van der Waals surface area contributed by atoms with E-state index in [2.05, 4.69) is 32.6 Å². The molecule has 0 bridgehead atoms. The fraction of sp³-hybridized carbons (Fsp3) is 0.808. The highest BCUT2D eigenvalue weighted by Crippen LogP contribution is 2.59. The van der Waals surface area contributed by atoms with Crippen LogP contribution < -0.4 is 5.32 Å². The molecular weight excluding hydrogens is 460 g/mol. The van der Waals surface area contributed by atoms with Gasteiger partial charge in [0.1, 0.15) is 5.82 Å². The van der Waals surface area contributed by atoms with Crippen molar-refractivity contribution in [3.63, 3.8) is 0 Å². The smallest absolute Gasteiger partial charge is 0.239 e. The van der Waals surface area contributed by atoms with Gasteiger partial charge in [0.25, 0.3) is 0 Å². The molecule has 0 aromatic carbocycles. The van der Waals surface area contributed by atoms with Crippen molar-refractivity contribution in [3.05, 3.63) is 11.4 Å². The standard InChI is InChI=1S/C26H40N6O2S/c1-19-4-3-5-22(19)32-23(27-2)21(26(8-9-26)24(32)33)16-29-20-6-14-30(15-7-20)35(34)31-17-25(18-31)10-12-28-13-11-25/h16,19-20,22,28H,2-15,17-18H2,1H3. The number of carbonyl (C=O) groups excluding carboxylic acids is 1. The Hall–Kier alpha value is -1.42. The number of nitrogens with zero attached hydrogens (tertiary/aromatic N) is 5. The van der Waals surface area contributed by atoms with Crippen LogP contribution in [-0.4, -0.2) is 87.9 Å². The highest BCUT2D eigenvalue weighted by atomic mass is 32.2. The highest BCUT2D eigenvalue weighted by molar-refractivity contribution is 7.80.